The molecule has 2 amide bonds. The normalized spacial score (nSPS) is 11.7. The van der Waals surface area contributed by atoms with Crippen molar-refractivity contribution in [2.24, 2.45) is 7.05 Å². The molecule has 0 radical (unpaired) electrons. The fourth-order valence-electron chi connectivity index (χ4n) is 4.68. The molecule has 218 valence electrons. The number of hydrogen-bond acceptors (Lipinski definition) is 8. The van der Waals surface area contributed by atoms with Crippen molar-refractivity contribution >= 4 is 45.4 Å². The first-order chi connectivity index (χ1) is 20.5. The lowest BCUT2D eigenvalue weighted by atomic mass is 10.1. The second-order valence-electron chi connectivity index (χ2n) is 11.0. The van der Waals surface area contributed by atoms with Gasteiger partial charge >= 0.3 is 6.03 Å². The van der Waals surface area contributed by atoms with Crippen molar-refractivity contribution in [2.75, 3.05) is 23.0 Å². The van der Waals surface area contributed by atoms with Gasteiger partial charge in [-0.25, -0.2) is 14.2 Å². The van der Waals surface area contributed by atoms with Gasteiger partial charge in [-0.15, -0.1) is 0 Å². The molecule has 0 atom stereocenters. The minimum Gasteiger partial charge on any atom is -0.357 e. The number of carbonyl (C=O) groups is 1. The highest BCUT2D eigenvalue weighted by molar-refractivity contribution is 6.02. The van der Waals surface area contributed by atoms with Crippen LogP contribution in [0.2, 0.25) is 0 Å². The molecule has 3 N–H and O–H groups in total. The largest absolute Gasteiger partial charge is 0.357 e. The first-order valence-electron chi connectivity index (χ1n) is 13.4. The number of hydrogen-bond donors (Lipinski definition) is 3. The molecule has 0 aliphatic carbocycles. The Kier molecular flexibility index (Phi) is 6.64. The molecule has 0 fully saturated rings. The number of anilines is 3. The Hall–Kier alpha value is -5.59. The maximum Gasteiger partial charge on any atom is 0.323 e. The van der Waals surface area contributed by atoms with Crippen molar-refractivity contribution in [3.63, 3.8) is 0 Å². The number of benzene rings is 2. The molecular weight excluding hydrogens is 553 g/mol. The van der Waals surface area contributed by atoms with Crippen LogP contribution in [-0.2, 0) is 12.6 Å². The van der Waals surface area contributed by atoms with E-state index >= 15 is 0 Å². The number of urea groups is 1. The summed E-state index contributed by atoms with van der Waals surface area (Å²) in [6.07, 6.45) is 4.92. The summed E-state index contributed by atoms with van der Waals surface area (Å²) in [5.41, 5.74) is 2.65. The lowest BCUT2D eigenvalue weighted by molar-refractivity contribution is 0.262. The molecule has 12 nitrogen and oxygen atoms in total. The third-order valence-electron chi connectivity index (χ3n) is 6.97. The molecule has 43 heavy (non-hydrogen) atoms. The highest BCUT2D eigenvalue weighted by atomic mass is 19.1. The number of fused-ring (bicyclic) bond motifs is 2. The van der Waals surface area contributed by atoms with Crippen LogP contribution in [-0.4, -0.2) is 42.6 Å². The van der Waals surface area contributed by atoms with Crippen LogP contribution < -0.4 is 21.5 Å². The smallest absolute Gasteiger partial charge is 0.323 e. The monoisotopic (exact) mass is 581 g/mol. The van der Waals surface area contributed by atoms with E-state index in [9.17, 15) is 14.0 Å². The van der Waals surface area contributed by atoms with Crippen molar-refractivity contribution in [1.82, 2.24) is 29.5 Å². The second kappa shape index (κ2) is 10.4. The van der Waals surface area contributed by atoms with E-state index in [1.807, 2.05) is 32.9 Å². The maximum absolute atomic E-state index is 14.9. The summed E-state index contributed by atoms with van der Waals surface area (Å²) in [6.45, 7) is 5.96. The SMILES string of the molecule is CNc1ncc2cc(-c3ccc(F)c(NC(=O)Nc4cn(C(C)(C)C)nc4-c4ccc5oncc5c4)c3)c(=O)n(C)c2n1. The first kappa shape index (κ1) is 27.6. The van der Waals surface area contributed by atoms with E-state index < -0.39 is 11.8 Å². The van der Waals surface area contributed by atoms with Crippen molar-refractivity contribution in [3.8, 4) is 22.4 Å². The van der Waals surface area contributed by atoms with E-state index in [4.69, 9.17) is 9.62 Å². The Morgan fingerprint density at radius 1 is 0.977 bits per heavy atom. The molecule has 0 aliphatic heterocycles. The van der Waals surface area contributed by atoms with Gasteiger partial charge in [0.25, 0.3) is 5.56 Å². The number of amides is 2. The summed E-state index contributed by atoms with van der Waals surface area (Å²) in [7, 11) is 3.29. The molecule has 0 saturated heterocycles. The van der Waals surface area contributed by atoms with Crippen molar-refractivity contribution in [3.05, 3.63) is 77.2 Å². The van der Waals surface area contributed by atoms with E-state index in [2.05, 4.69) is 31.1 Å². The average molecular weight is 582 g/mol. The van der Waals surface area contributed by atoms with E-state index in [1.54, 1.807) is 49.5 Å². The molecule has 0 bridgehead atoms. The molecule has 4 aromatic heterocycles. The average Bonchev–Trinajstić information content (AvgIpc) is 3.63. The molecule has 6 rings (SSSR count). The lowest BCUT2D eigenvalue weighted by Crippen LogP contribution is -2.22. The van der Waals surface area contributed by atoms with Gasteiger partial charge in [0.15, 0.2) is 5.58 Å². The molecule has 0 spiro atoms. The minimum absolute atomic E-state index is 0.102. The zero-order chi connectivity index (χ0) is 30.5. The summed E-state index contributed by atoms with van der Waals surface area (Å²) in [5.74, 6) is -0.285. The van der Waals surface area contributed by atoms with E-state index in [0.717, 1.165) is 10.9 Å². The summed E-state index contributed by atoms with van der Waals surface area (Å²) < 4.78 is 23.3. The van der Waals surface area contributed by atoms with Gasteiger partial charge in [-0.3, -0.25) is 14.0 Å². The summed E-state index contributed by atoms with van der Waals surface area (Å²) in [6, 6.07) is 10.5. The summed E-state index contributed by atoms with van der Waals surface area (Å²) >= 11 is 0. The molecule has 0 saturated carbocycles. The van der Waals surface area contributed by atoms with Crippen molar-refractivity contribution in [2.45, 2.75) is 26.3 Å². The Bertz CT molecular complexity index is 2090. The molecule has 0 aliphatic rings. The van der Waals surface area contributed by atoms with E-state index in [-0.39, 0.29) is 16.8 Å². The van der Waals surface area contributed by atoms with Crippen LogP contribution >= 0.6 is 0 Å². The van der Waals surface area contributed by atoms with Gasteiger partial charge in [0.05, 0.1) is 23.1 Å². The van der Waals surface area contributed by atoms with Gasteiger partial charge in [-0.2, -0.15) is 10.1 Å². The number of nitrogens with zero attached hydrogens (tertiary/aromatic N) is 6. The predicted molar refractivity (Wildman–Crippen MR) is 163 cm³/mol. The Morgan fingerprint density at radius 2 is 1.74 bits per heavy atom. The van der Waals surface area contributed by atoms with Crippen LogP contribution in [0, 0.1) is 5.82 Å². The van der Waals surface area contributed by atoms with Gasteiger partial charge in [-0.1, -0.05) is 11.2 Å². The number of aryl methyl sites for hydroxylation is 1. The van der Waals surface area contributed by atoms with Gasteiger partial charge < -0.3 is 20.5 Å². The van der Waals surface area contributed by atoms with Crippen LogP contribution in [0.4, 0.5) is 26.5 Å². The first-order valence-corrected chi connectivity index (χ1v) is 13.4. The fourth-order valence-corrected chi connectivity index (χ4v) is 4.68. The zero-order valence-corrected chi connectivity index (χ0v) is 24.1. The molecular formula is C30H28FN9O3. The Labute approximate surface area is 244 Å². The number of nitrogens with one attached hydrogen (secondary N) is 3. The van der Waals surface area contributed by atoms with E-state index in [0.29, 0.717) is 45.1 Å². The third kappa shape index (κ3) is 5.16. The third-order valence-corrected chi connectivity index (χ3v) is 6.97. The van der Waals surface area contributed by atoms with Gasteiger partial charge in [0.2, 0.25) is 5.95 Å². The van der Waals surface area contributed by atoms with Gasteiger partial charge in [0, 0.05) is 48.4 Å². The van der Waals surface area contributed by atoms with Crippen LogP contribution in [0.5, 0.6) is 0 Å². The van der Waals surface area contributed by atoms with Crippen LogP contribution in [0.15, 0.2) is 70.4 Å². The maximum atomic E-state index is 14.9. The Morgan fingerprint density at radius 3 is 2.51 bits per heavy atom. The van der Waals surface area contributed by atoms with Gasteiger partial charge in [-0.05, 0) is 62.7 Å². The fraction of sp³-hybridized carbons (Fsp3) is 0.200. The van der Waals surface area contributed by atoms with Crippen molar-refractivity contribution < 1.29 is 13.7 Å². The van der Waals surface area contributed by atoms with Crippen molar-refractivity contribution in [1.29, 1.82) is 0 Å². The summed E-state index contributed by atoms with van der Waals surface area (Å²) in [4.78, 5) is 35.0. The number of halogens is 1. The predicted octanol–water partition coefficient (Wildman–Crippen LogP) is 5.58. The number of carbonyl (C=O) groups excluding carboxylic acids is 1. The standard InChI is InChI=1S/C30H28FN9O3/c1-30(2,3)40-15-23(25(38-40)17-7-9-24-18(10-17)14-34-43-24)36-29(42)35-22-12-16(6-8-21(22)31)20-11-19-13-33-28(32-4)37-26(19)39(5)27(20)41/h6-15H,1-5H3,(H,32,33,37)(H2,35,36,42). The minimum atomic E-state index is -0.684. The highest BCUT2D eigenvalue weighted by Crippen LogP contribution is 2.32. The number of aromatic nitrogens is 6. The second-order valence-corrected chi connectivity index (χ2v) is 11.0. The summed E-state index contributed by atoms with van der Waals surface area (Å²) in [5, 5.41) is 18.2. The van der Waals surface area contributed by atoms with Crippen LogP contribution in [0.1, 0.15) is 20.8 Å². The van der Waals surface area contributed by atoms with Crippen LogP contribution in [0.3, 0.4) is 0 Å². The van der Waals surface area contributed by atoms with Gasteiger partial charge in [0.1, 0.15) is 17.2 Å². The molecule has 2 aromatic carbocycles. The quantitative estimate of drug-likeness (QED) is 0.239. The molecule has 13 heteroatoms. The molecule has 6 aromatic rings. The topological polar surface area (TPSA) is 145 Å². The Balaban J connectivity index is 1.32. The number of pyridine rings is 1. The molecule has 0 unspecified atom stereocenters. The highest BCUT2D eigenvalue weighted by Gasteiger charge is 2.22. The zero-order valence-electron chi connectivity index (χ0n) is 24.1. The lowest BCUT2D eigenvalue weighted by Gasteiger charge is -2.18. The molecule has 4 heterocycles. The van der Waals surface area contributed by atoms with Crippen LogP contribution in [0.25, 0.3) is 44.4 Å². The number of rotatable bonds is 5. The van der Waals surface area contributed by atoms with E-state index in [1.165, 1.54) is 22.8 Å².